The van der Waals surface area contributed by atoms with Gasteiger partial charge in [-0.1, -0.05) is 12.2 Å². The minimum Gasteiger partial charge on any atom is -0.495 e. The molecule has 0 aliphatic carbocycles. The molecular weight excluding hydrogens is 428 g/mol. The summed E-state index contributed by atoms with van der Waals surface area (Å²) in [5, 5.41) is 4.68. The van der Waals surface area contributed by atoms with Crippen LogP contribution in [0.1, 0.15) is 28.3 Å². The largest absolute Gasteiger partial charge is 0.495 e. The molecule has 34 heavy (non-hydrogen) atoms. The van der Waals surface area contributed by atoms with Crippen molar-refractivity contribution in [1.29, 1.82) is 0 Å². The van der Waals surface area contributed by atoms with Crippen LogP contribution in [0.3, 0.4) is 0 Å². The van der Waals surface area contributed by atoms with Crippen molar-refractivity contribution in [1.82, 2.24) is 19.9 Å². The summed E-state index contributed by atoms with van der Waals surface area (Å²) in [6.45, 7) is 1.36. The maximum atomic E-state index is 6.10. The minimum atomic E-state index is 0.0701. The Balaban J connectivity index is 1.42. The number of ether oxygens (including phenoxy) is 3. The Labute approximate surface area is 199 Å². The van der Waals surface area contributed by atoms with Crippen molar-refractivity contribution in [2.45, 2.75) is 19.1 Å². The summed E-state index contributed by atoms with van der Waals surface area (Å²) in [4.78, 5) is 8.59. The number of hydrogen-bond acceptors (Lipinski definition) is 6. The SMILES string of the molecule is COc1cnc2c(c1)c(/C=C/C1NCCc3cc(OCc4ccncc4)c(OC)cc31)cn2C. The summed E-state index contributed by atoms with van der Waals surface area (Å²) in [6, 6.07) is 10.2. The third-order valence-corrected chi connectivity index (χ3v) is 6.19. The van der Waals surface area contributed by atoms with E-state index in [1.807, 2.05) is 29.8 Å². The number of benzene rings is 1. The molecule has 0 radical (unpaired) electrons. The number of aromatic nitrogens is 3. The summed E-state index contributed by atoms with van der Waals surface area (Å²) in [5.41, 5.74) is 5.56. The van der Waals surface area contributed by atoms with E-state index >= 15 is 0 Å². The number of methoxy groups -OCH3 is 2. The smallest absolute Gasteiger partial charge is 0.161 e. The van der Waals surface area contributed by atoms with Crippen LogP contribution in [0.5, 0.6) is 17.2 Å². The van der Waals surface area contributed by atoms with Gasteiger partial charge < -0.3 is 24.1 Å². The van der Waals surface area contributed by atoms with Crippen LogP contribution in [0.15, 0.2) is 61.2 Å². The summed E-state index contributed by atoms with van der Waals surface area (Å²) in [5.74, 6) is 2.24. The molecule has 0 saturated heterocycles. The van der Waals surface area contributed by atoms with Gasteiger partial charge in [0.15, 0.2) is 11.5 Å². The highest BCUT2D eigenvalue weighted by molar-refractivity contribution is 5.87. The predicted octanol–water partition coefficient (Wildman–Crippen LogP) is 4.46. The van der Waals surface area contributed by atoms with Gasteiger partial charge in [0, 0.05) is 43.1 Å². The Bertz CT molecular complexity index is 1330. The quantitative estimate of drug-likeness (QED) is 0.443. The Morgan fingerprint density at radius 1 is 1.12 bits per heavy atom. The lowest BCUT2D eigenvalue weighted by Gasteiger charge is -2.26. The molecule has 1 aliphatic heterocycles. The van der Waals surface area contributed by atoms with Crippen LogP contribution >= 0.6 is 0 Å². The molecule has 4 aromatic rings. The number of fused-ring (bicyclic) bond motifs is 2. The van der Waals surface area contributed by atoms with Gasteiger partial charge in [0.25, 0.3) is 0 Å². The summed E-state index contributed by atoms with van der Waals surface area (Å²) in [7, 11) is 5.34. The van der Waals surface area contributed by atoms with Gasteiger partial charge in [-0.15, -0.1) is 0 Å². The van der Waals surface area contributed by atoms with Crippen molar-refractivity contribution < 1.29 is 14.2 Å². The molecule has 0 fully saturated rings. The zero-order valence-electron chi connectivity index (χ0n) is 19.6. The maximum Gasteiger partial charge on any atom is 0.161 e. The molecule has 174 valence electrons. The van der Waals surface area contributed by atoms with Crippen LogP contribution in [0, 0.1) is 0 Å². The van der Waals surface area contributed by atoms with Crippen LogP contribution < -0.4 is 19.5 Å². The highest BCUT2D eigenvalue weighted by Crippen LogP contribution is 2.36. The number of pyridine rings is 2. The van der Waals surface area contributed by atoms with E-state index in [1.165, 1.54) is 11.1 Å². The summed E-state index contributed by atoms with van der Waals surface area (Å²) >= 11 is 0. The average molecular weight is 457 g/mol. The van der Waals surface area contributed by atoms with Gasteiger partial charge in [-0.25, -0.2) is 4.98 Å². The van der Waals surface area contributed by atoms with Crippen molar-refractivity contribution in [2.24, 2.45) is 7.05 Å². The molecule has 4 heterocycles. The first-order valence-electron chi connectivity index (χ1n) is 11.3. The van der Waals surface area contributed by atoms with E-state index in [2.05, 4.69) is 45.8 Å². The van der Waals surface area contributed by atoms with Crippen LogP contribution in [0.4, 0.5) is 0 Å². The molecule has 7 nitrogen and oxygen atoms in total. The molecule has 5 rings (SSSR count). The van der Waals surface area contributed by atoms with Crippen molar-refractivity contribution in [3.8, 4) is 17.2 Å². The molecule has 1 unspecified atom stereocenters. The third-order valence-electron chi connectivity index (χ3n) is 6.19. The molecule has 1 atom stereocenters. The van der Waals surface area contributed by atoms with Crippen LogP contribution in [0.25, 0.3) is 17.1 Å². The van der Waals surface area contributed by atoms with E-state index in [-0.39, 0.29) is 6.04 Å². The second kappa shape index (κ2) is 9.57. The maximum absolute atomic E-state index is 6.10. The second-order valence-electron chi connectivity index (χ2n) is 8.33. The number of rotatable bonds is 7. The molecule has 1 N–H and O–H groups in total. The molecule has 0 amide bonds. The van der Waals surface area contributed by atoms with Crippen molar-refractivity contribution >= 4 is 17.1 Å². The Kier molecular flexibility index (Phi) is 6.18. The molecule has 0 spiro atoms. The van der Waals surface area contributed by atoms with Crippen molar-refractivity contribution in [3.63, 3.8) is 0 Å². The van der Waals surface area contributed by atoms with Gasteiger partial charge in [-0.3, -0.25) is 4.98 Å². The first kappa shape index (κ1) is 22.0. The lowest BCUT2D eigenvalue weighted by Crippen LogP contribution is -2.28. The Hall–Kier alpha value is -3.84. The first-order chi connectivity index (χ1) is 16.7. The number of nitrogens with zero attached hydrogens (tertiary/aromatic N) is 3. The highest BCUT2D eigenvalue weighted by Gasteiger charge is 2.21. The number of aryl methyl sites for hydroxylation is 1. The van der Waals surface area contributed by atoms with Crippen molar-refractivity contribution in [3.05, 3.63) is 83.4 Å². The molecule has 3 aromatic heterocycles. The molecule has 0 saturated carbocycles. The van der Waals surface area contributed by atoms with E-state index in [1.54, 1.807) is 32.8 Å². The molecule has 7 heteroatoms. The van der Waals surface area contributed by atoms with E-state index in [9.17, 15) is 0 Å². The van der Waals surface area contributed by atoms with E-state index in [4.69, 9.17) is 14.2 Å². The van der Waals surface area contributed by atoms with E-state index in [0.717, 1.165) is 52.4 Å². The molecule has 0 bridgehead atoms. The van der Waals surface area contributed by atoms with Gasteiger partial charge in [-0.2, -0.15) is 0 Å². The fourth-order valence-electron chi connectivity index (χ4n) is 4.40. The number of nitrogens with one attached hydrogen (secondary N) is 1. The molecule has 1 aliphatic rings. The van der Waals surface area contributed by atoms with Gasteiger partial charge >= 0.3 is 0 Å². The topological polar surface area (TPSA) is 70.4 Å². The van der Waals surface area contributed by atoms with Crippen LogP contribution in [-0.4, -0.2) is 35.3 Å². The fraction of sp³-hybridized carbons (Fsp3) is 0.259. The van der Waals surface area contributed by atoms with E-state index in [0.29, 0.717) is 6.61 Å². The fourth-order valence-corrected chi connectivity index (χ4v) is 4.40. The minimum absolute atomic E-state index is 0.0701. The third kappa shape index (κ3) is 4.34. The molecular formula is C27H28N4O3. The van der Waals surface area contributed by atoms with Crippen LogP contribution in [-0.2, 0) is 20.1 Å². The summed E-state index contributed by atoms with van der Waals surface area (Å²) < 4.78 is 19.2. The van der Waals surface area contributed by atoms with Gasteiger partial charge in [0.2, 0.25) is 0 Å². The zero-order valence-corrected chi connectivity index (χ0v) is 19.6. The number of hydrogen-bond donors (Lipinski definition) is 1. The van der Waals surface area contributed by atoms with Gasteiger partial charge in [0.1, 0.15) is 18.0 Å². The average Bonchev–Trinajstić information content (AvgIpc) is 3.20. The van der Waals surface area contributed by atoms with E-state index < -0.39 is 0 Å². The summed E-state index contributed by atoms with van der Waals surface area (Å²) in [6.07, 6.45) is 12.7. The highest BCUT2D eigenvalue weighted by atomic mass is 16.5. The second-order valence-corrected chi connectivity index (χ2v) is 8.33. The standard InChI is InChI=1S/C27H28N4O3/c1-31-16-20(23-13-21(32-2)15-30-27(23)31)4-5-24-22-14-25(33-3)26(12-19(22)8-11-29-24)34-17-18-6-9-28-10-7-18/h4-7,9-10,12-16,24,29H,8,11,17H2,1-3H3/b5-4+. The zero-order chi connectivity index (χ0) is 23.5. The molecule has 1 aromatic carbocycles. The Morgan fingerprint density at radius 2 is 1.97 bits per heavy atom. The Morgan fingerprint density at radius 3 is 2.76 bits per heavy atom. The predicted molar refractivity (Wildman–Crippen MR) is 132 cm³/mol. The van der Waals surface area contributed by atoms with Crippen LogP contribution in [0.2, 0.25) is 0 Å². The lowest BCUT2D eigenvalue weighted by atomic mass is 9.93. The van der Waals surface area contributed by atoms with Gasteiger partial charge in [0.05, 0.1) is 26.5 Å². The van der Waals surface area contributed by atoms with Gasteiger partial charge in [-0.05, 0) is 53.4 Å². The van der Waals surface area contributed by atoms with Crippen molar-refractivity contribution in [2.75, 3.05) is 20.8 Å². The monoisotopic (exact) mass is 456 g/mol. The first-order valence-corrected chi connectivity index (χ1v) is 11.3. The normalized spacial score (nSPS) is 15.4. The lowest BCUT2D eigenvalue weighted by molar-refractivity contribution is 0.283.